The Morgan fingerprint density at radius 2 is 1.62 bits per heavy atom. The number of aromatic amines is 1. The highest BCUT2D eigenvalue weighted by Gasteiger charge is 2.18. The third-order valence-corrected chi connectivity index (χ3v) is 6.93. The number of rotatable bonds is 6. The van der Waals surface area contributed by atoms with E-state index >= 15 is 0 Å². The molecule has 0 unspecified atom stereocenters. The summed E-state index contributed by atoms with van der Waals surface area (Å²) < 4.78 is 54.7. The molecule has 1 aromatic heterocycles. The van der Waals surface area contributed by atoms with E-state index in [1.165, 1.54) is 42.5 Å². The van der Waals surface area contributed by atoms with Gasteiger partial charge < -0.3 is 9.72 Å². The lowest BCUT2D eigenvalue weighted by Gasteiger charge is -2.11. The van der Waals surface area contributed by atoms with Gasteiger partial charge in [-0.05, 0) is 67.8 Å². The standard InChI is InChI=1S/C19H17N5O6S4/c1-11-2-6-14(7-3-11)34(28,29)24-18(25)21-15-10-16(23-19(32)22-15)30-17(31)12-4-8-13(9-5-12)33(20,26)27/h2-10H,1H3,(H2,20,26,27)(H3,21,22,23,24,25,32). The molecular weight excluding hydrogens is 523 g/mol. The number of H-pyrrole nitrogens is 1. The van der Waals surface area contributed by atoms with Crippen molar-refractivity contribution >= 4 is 61.4 Å². The molecule has 178 valence electrons. The van der Waals surface area contributed by atoms with Crippen molar-refractivity contribution in [1.29, 1.82) is 0 Å². The Morgan fingerprint density at radius 1 is 1.03 bits per heavy atom. The second kappa shape index (κ2) is 9.94. The van der Waals surface area contributed by atoms with Crippen LogP contribution in [0.25, 0.3) is 0 Å². The lowest BCUT2D eigenvalue weighted by molar-refractivity contribution is 0.256. The number of urea groups is 1. The number of thiocarbonyl (C=S) groups is 1. The summed E-state index contributed by atoms with van der Waals surface area (Å²) in [6.45, 7) is 1.80. The molecule has 0 radical (unpaired) electrons. The molecule has 11 nitrogen and oxygen atoms in total. The molecule has 0 atom stereocenters. The van der Waals surface area contributed by atoms with E-state index < -0.39 is 26.1 Å². The molecule has 0 aliphatic rings. The number of nitrogens with two attached hydrogens (primary N) is 1. The molecule has 2 aromatic carbocycles. The van der Waals surface area contributed by atoms with Gasteiger partial charge in [0.25, 0.3) is 10.0 Å². The van der Waals surface area contributed by atoms with Gasteiger partial charge in [0, 0.05) is 11.6 Å². The molecule has 34 heavy (non-hydrogen) atoms. The summed E-state index contributed by atoms with van der Waals surface area (Å²) in [5.41, 5.74) is 1.22. The molecule has 0 saturated heterocycles. The molecule has 1 heterocycles. The Morgan fingerprint density at radius 3 is 2.21 bits per heavy atom. The predicted octanol–water partition coefficient (Wildman–Crippen LogP) is 2.36. The normalized spacial score (nSPS) is 11.5. The van der Waals surface area contributed by atoms with E-state index in [1.54, 1.807) is 19.1 Å². The Hall–Kier alpha value is -3.24. The van der Waals surface area contributed by atoms with Crippen LogP contribution in [-0.2, 0) is 20.0 Å². The SMILES string of the molecule is Cc1ccc(S(=O)(=O)NC(=O)Nc2cc(OC(=S)c3ccc(S(N)(=O)=O)cc3)nc(=S)[nH]2)cc1. The first-order valence-corrected chi connectivity index (χ1v) is 13.0. The highest BCUT2D eigenvalue weighted by molar-refractivity contribution is 7.90. The average Bonchev–Trinajstić information content (AvgIpc) is 2.72. The lowest BCUT2D eigenvalue weighted by Crippen LogP contribution is -2.34. The van der Waals surface area contributed by atoms with Gasteiger partial charge in [0.15, 0.2) is 5.05 Å². The summed E-state index contributed by atoms with van der Waals surface area (Å²) in [5, 5.41) is 7.30. The van der Waals surface area contributed by atoms with E-state index in [0.29, 0.717) is 5.56 Å². The van der Waals surface area contributed by atoms with Gasteiger partial charge in [0.2, 0.25) is 20.7 Å². The zero-order chi connectivity index (χ0) is 25.1. The zero-order valence-corrected chi connectivity index (χ0v) is 20.6. The number of aryl methyl sites for hydroxylation is 1. The van der Waals surface area contributed by atoms with Crippen molar-refractivity contribution < 1.29 is 26.4 Å². The maximum Gasteiger partial charge on any atom is 0.334 e. The van der Waals surface area contributed by atoms with Gasteiger partial charge >= 0.3 is 6.03 Å². The van der Waals surface area contributed by atoms with Crippen LogP contribution in [0.15, 0.2) is 64.4 Å². The number of carbonyl (C=O) groups excluding carboxylic acids is 1. The highest BCUT2D eigenvalue weighted by Crippen LogP contribution is 2.17. The molecule has 0 bridgehead atoms. The third kappa shape index (κ3) is 6.64. The largest absolute Gasteiger partial charge is 0.427 e. The fourth-order valence-corrected chi connectivity index (χ4v) is 4.38. The van der Waals surface area contributed by atoms with Crippen LogP contribution in [0.5, 0.6) is 5.88 Å². The molecule has 3 aromatic rings. The minimum absolute atomic E-state index is 0.0148. The Kier molecular flexibility index (Phi) is 7.42. The van der Waals surface area contributed by atoms with Gasteiger partial charge in [-0.2, -0.15) is 4.98 Å². The van der Waals surface area contributed by atoms with Crippen molar-refractivity contribution in [2.24, 2.45) is 5.14 Å². The van der Waals surface area contributed by atoms with Gasteiger partial charge in [-0.15, -0.1) is 0 Å². The van der Waals surface area contributed by atoms with Gasteiger partial charge in [-0.1, -0.05) is 17.7 Å². The summed E-state index contributed by atoms with van der Waals surface area (Å²) in [4.78, 5) is 18.6. The van der Waals surface area contributed by atoms with Crippen molar-refractivity contribution in [3.05, 3.63) is 70.5 Å². The second-order valence-corrected chi connectivity index (χ2v) is 10.8. The van der Waals surface area contributed by atoms with Crippen molar-refractivity contribution in [2.45, 2.75) is 16.7 Å². The van der Waals surface area contributed by atoms with Crippen LogP contribution >= 0.6 is 24.4 Å². The molecule has 0 aliphatic carbocycles. The third-order valence-electron chi connectivity index (χ3n) is 4.14. The summed E-state index contributed by atoms with van der Waals surface area (Å²) in [5.74, 6) is -0.111. The number of nitrogens with one attached hydrogen (secondary N) is 3. The molecule has 0 aliphatic heterocycles. The summed E-state index contributed by atoms with van der Waals surface area (Å²) in [7, 11) is -7.97. The number of benzene rings is 2. The quantitative estimate of drug-likeness (QED) is 0.343. The number of carbonyl (C=O) groups is 1. The highest BCUT2D eigenvalue weighted by atomic mass is 32.2. The maximum absolute atomic E-state index is 12.4. The Balaban J connectivity index is 1.72. The van der Waals surface area contributed by atoms with Crippen LogP contribution in [0.3, 0.4) is 0 Å². The lowest BCUT2D eigenvalue weighted by atomic mass is 10.2. The number of ether oxygens (including phenoxy) is 1. The first-order valence-electron chi connectivity index (χ1n) is 9.20. The first kappa shape index (κ1) is 25.4. The zero-order valence-electron chi connectivity index (χ0n) is 17.3. The van der Waals surface area contributed by atoms with Crippen LogP contribution in [0.4, 0.5) is 10.6 Å². The number of primary sulfonamides is 1. The van der Waals surface area contributed by atoms with Crippen molar-refractivity contribution in [3.8, 4) is 5.88 Å². The number of hydrogen-bond acceptors (Lipinski definition) is 9. The van der Waals surface area contributed by atoms with Gasteiger partial charge in [-0.25, -0.2) is 31.5 Å². The monoisotopic (exact) mass is 539 g/mol. The van der Waals surface area contributed by atoms with Crippen molar-refractivity contribution in [3.63, 3.8) is 0 Å². The number of anilines is 1. The van der Waals surface area contributed by atoms with E-state index in [4.69, 9.17) is 34.3 Å². The van der Waals surface area contributed by atoms with Gasteiger partial charge in [0.1, 0.15) is 5.82 Å². The number of amides is 2. The maximum atomic E-state index is 12.4. The van der Waals surface area contributed by atoms with Gasteiger partial charge in [0.05, 0.1) is 9.79 Å². The van der Waals surface area contributed by atoms with Crippen molar-refractivity contribution in [2.75, 3.05) is 5.32 Å². The molecule has 2 amide bonds. The summed E-state index contributed by atoms with van der Waals surface area (Å²) in [6, 6.07) is 11.4. The fraction of sp³-hybridized carbons (Fsp3) is 0.0526. The van der Waals surface area contributed by atoms with E-state index in [-0.39, 0.29) is 31.3 Å². The molecule has 0 spiro atoms. The van der Waals surface area contributed by atoms with Crippen LogP contribution in [0.1, 0.15) is 11.1 Å². The van der Waals surface area contributed by atoms with E-state index in [1.807, 2.05) is 4.72 Å². The topological polar surface area (TPSA) is 173 Å². The number of sulfonamides is 2. The predicted molar refractivity (Wildman–Crippen MR) is 130 cm³/mol. The van der Waals surface area contributed by atoms with Crippen LogP contribution < -0.4 is 19.9 Å². The molecule has 0 fully saturated rings. The Bertz CT molecular complexity index is 1520. The second-order valence-electron chi connectivity index (χ2n) is 6.77. The van der Waals surface area contributed by atoms with Crippen LogP contribution in [0, 0.1) is 11.7 Å². The van der Waals surface area contributed by atoms with E-state index in [0.717, 1.165) is 5.56 Å². The molecule has 15 heteroatoms. The molecule has 5 N–H and O–H groups in total. The Labute approximate surface area is 205 Å². The van der Waals surface area contributed by atoms with Crippen molar-refractivity contribution in [1.82, 2.24) is 14.7 Å². The minimum atomic E-state index is -4.11. The molecule has 3 rings (SSSR count). The smallest absolute Gasteiger partial charge is 0.334 e. The summed E-state index contributed by atoms with van der Waals surface area (Å²) in [6.07, 6.45) is 0. The van der Waals surface area contributed by atoms with E-state index in [9.17, 15) is 21.6 Å². The number of nitrogens with zero attached hydrogens (tertiary/aromatic N) is 1. The summed E-state index contributed by atoms with van der Waals surface area (Å²) >= 11 is 10.2. The molecule has 0 saturated carbocycles. The number of aromatic nitrogens is 2. The first-order chi connectivity index (χ1) is 15.8. The van der Waals surface area contributed by atoms with Crippen LogP contribution in [0.2, 0.25) is 0 Å². The average molecular weight is 540 g/mol. The number of hydrogen-bond donors (Lipinski definition) is 4. The fourth-order valence-electron chi connectivity index (χ4n) is 2.54. The molecular formula is C19H17N5O6S4. The minimum Gasteiger partial charge on any atom is -0.427 e. The van der Waals surface area contributed by atoms with Gasteiger partial charge in [-0.3, -0.25) is 5.32 Å². The van der Waals surface area contributed by atoms with E-state index in [2.05, 4.69) is 15.3 Å². The van der Waals surface area contributed by atoms with Crippen LogP contribution in [-0.4, -0.2) is 37.9 Å².